The van der Waals surface area contributed by atoms with Crippen molar-refractivity contribution in [3.8, 4) is 0 Å². The highest BCUT2D eigenvalue weighted by Crippen LogP contribution is 2.35. The van der Waals surface area contributed by atoms with Gasteiger partial charge < -0.3 is 9.47 Å². The average molecular weight is 290 g/mol. The quantitative estimate of drug-likeness (QED) is 0.782. The molecule has 1 fully saturated rings. The van der Waals surface area contributed by atoms with Gasteiger partial charge in [-0.15, -0.1) is 0 Å². The Labute approximate surface area is 125 Å². The minimum absolute atomic E-state index is 0.188. The van der Waals surface area contributed by atoms with Crippen molar-refractivity contribution in [3.05, 3.63) is 35.4 Å². The Morgan fingerprint density at radius 2 is 1.86 bits per heavy atom. The Hall–Kier alpha value is -1.84. The first-order valence-corrected chi connectivity index (χ1v) is 7.51. The fraction of sp³-hybridized carbons (Fsp3) is 0.529. The first-order valence-electron chi connectivity index (χ1n) is 7.51. The van der Waals surface area contributed by atoms with E-state index in [1.165, 1.54) is 0 Å². The van der Waals surface area contributed by atoms with Gasteiger partial charge in [-0.25, -0.2) is 4.79 Å². The van der Waals surface area contributed by atoms with E-state index in [-0.39, 0.29) is 12.4 Å². The summed E-state index contributed by atoms with van der Waals surface area (Å²) in [4.78, 5) is 24.3. The molecule has 1 aromatic rings. The molecule has 114 valence electrons. The molecule has 0 aromatic heterocycles. The molecule has 0 N–H and O–H groups in total. The number of esters is 2. The number of ether oxygens (including phenoxy) is 2. The van der Waals surface area contributed by atoms with E-state index in [1.807, 2.05) is 31.2 Å². The summed E-state index contributed by atoms with van der Waals surface area (Å²) in [7, 11) is 0. The molecule has 0 spiro atoms. The van der Waals surface area contributed by atoms with Gasteiger partial charge in [0.1, 0.15) is 0 Å². The molecule has 0 heterocycles. The third-order valence-corrected chi connectivity index (χ3v) is 3.96. The minimum atomic E-state index is -1.06. The molecule has 0 saturated heterocycles. The van der Waals surface area contributed by atoms with E-state index in [2.05, 4.69) is 0 Å². The topological polar surface area (TPSA) is 52.6 Å². The second-order valence-corrected chi connectivity index (χ2v) is 5.50. The van der Waals surface area contributed by atoms with Gasteiger partial charge in [-0.05, 0) is 50.7 Å². The van der Waals surface area contributed by atoms with Gasteiger partial charge in [-0.3, -0.25) is 4.79 Å². The van der Waals surface area contributed by atoms with Crippen LogP contribution in [0.3, 0.4) is 0 Å². The molecule has 0 atom stereocenters. The van der Waals surface area contributed by atoms with Crippen molar-refractivity contribution in [2.45, 2.75) is 51.6 Å². The van der Waals surface area contributed by atoms with Crippen LogP contribution in [-0.2, 0) is 25.5 Å². The molecule has 21 heavy (non-hydrogen) atoms. The van der Waals surface area contributed by atoms with Crippen molar-refractivity contribution in [1.82, 2.24) is 0 Å². The fourth-order valence-corrected chi connectivity index (χ4v) is 2.77. The average Bonchev–Trinajstić information content (AvgIpc) is 2.91. The number of benzene rings is 1. The van der Waals surface area contributed by atoms with Crippen molar-refractivity contribution in [2.75, 3.05) is 6.61 Å². The highest BCUT2D eigenvalue weighted by atomic mass is 16.6. The largest absolute Gasteiger partial charge is 0.463 e. The molecule has 0 aliphatic heterocycles. The third-order valence-electron chi connectivity index (χ3n) is 3.96. The predicted octanol–water partition coefficient (Wildman–Crippen LogP) is 2.96. The Balaban J connectivity index is 2.05. The third kappa shape index (κ3) is 3.63. The summed E-state index contributed by atoms with van der Waals surface area (Å²) in [6.45, 7) is 4.02. The van der Waals surface area contributed by atoms with E-state index in [1.54, 1.807) is 6.92 Å². The molecule has 4 heteroatoms. The zero-order chi connectivity index (χ0) is 15.3. The molecule has 1 saturated carbocycles. The van der Waals surface area contributed by atoms with Gasteiger partial charge in [0.05, 0.1) is 13.0 Å². The van der Waals surface area contributed by atoms with Crippen LogP contribution in [0.4, 0.5) is 0 Å². The van der Waals surface area contributed by atoms with Crippen LogP contribution >= 0.6 is 0 Å². The van der Waals surface area contributed by atoms with Crippen LogP contribution < -0.4 is 0 Å². The van der Waals surface area contributed by atoms with E-state index in [4.69, 9.17) is 9.47 Å². The van der Waals surface area contributed by atoms with Gasteiger partial charge in [0.2, 0.25) is 5.60 Å². The second-order valence-electron chi connectivity index (χ2n) is 5.50. The number of rotatable bonds is 5. The lowest BCUT2D eigenvalue weighted by Crippen LogP contribution is -2.42. The monoisotopic (exact) mass is 290 g/mol. The SMILES string of the molecule is CCOC(=O)C1(OC(=O)Cc2ccccc2C)CCCC1. The molecule has 0 radical (unpaired) electrons. The van der Waals surface area contributed by atoms with Crippen LogP contribution in [0.2, 0.25) is 0 Å². The number of hydrogen-bond donors (Lipinski definition) is 0. The summed E-state index contributed by atoms with van der Waals surface area (Å²) < 4.78 is 10.6. The van der Waals surface area contributed by atoms with Gasteiger partial charge in [-0.1, -0.05) is 24.3 Å². The van der Waals surface area contributed by atoms with Crippen molar-refractivity contribution in [3.63, 3.8) is 0 Å². The molecule has 2 rings (SSSR count). The van der Waals surface area contributed by atoms with Crippen LogP contribution in [0.5, 0.6) is 0 Å². The van der Waals surface area contributed by atoms with Crippen molar-refractivity contribution in [2.24, 2.45) is 0 Å². The highest BCUT2D eigenvalue weighted by Gasteiger charge is 2.46. The lowest BCUT2D eigenvalue weighted by molar-refractivity contribution is -0.181. The number of aryl methyl sites for hydroxylation is 1. The maximum absolute atomic E-state index is 12.2. The normalized spacial score (nSPS) is 16.5. The van der Waals surface area contributed by atoms with Crippen LogP contribution in [0.15, 0.2) is 24.3 Å². The second kappa shape index (κ2) is 6.74. The van der Waals surface area contributed by atoms with Crippen molar-refractivity contribution >= 4 is 11.9 Å². The summed E-state index contributed by atoms with van der Waals surface area (Å²) in [6, 6.07) is 7.69. The molecular formula is C17H22O4. The minimum Gasteiger partial charge on any atom is -0.463 e. The molecule has 1 aliphatic carbocycles. The lowest BCUT2D eigenvalue weighted by atomic mass is 10.0. The van der Waals surface area contributed by atoms with Crippen LogP contribution in [0, 0.1) is 6.92 Å². The van der Waals surface area contributed by atoms with E-state index in [0.717, 1.165) is 24.0 Å². The molecule has 0 amide bonds. The molecule has 1 aromatic carbocycles. The number of carbonyl (C=O) groups excluding carboxylic acids is 2. The smallest absolute Gasteiger partial charge is 0.350 e. The zero-order valence-corrected chi connectivity index (χ0v) is 12.7. The lowest BCUT2D eigenvalue weighted by Gasteiger charge is -2.26. The summed E-state index contributed by atoms with van der Waals surface area (Å²) >= 11 is 0. The van der Waals surface area contributed by atoms with Gasteiger partial charge in [0.25, 0.3) is 0 Å². The first kappa shape index (κ1) is 15.5. The Morgan fingerprint density at radius 3 is 2.48 bits per heavy atom. The fourth-order valence-electron chi connectivity index (χ4n) is 2.77. The van der Waals surface area contributed by atoms with E-state index in [9.17, 15) is 9.59 Å². The molecule has 0 unspecified atom stereocenters. The van der Waals surface area contributed by atoms with E-state index >= 15 is 0 Å². The summed E-state index contributed by atoms with van der Waals surface area (Å²) in [5.74, 6) is -0.764. The maximum atomic E-state index is 12.2. The molecule has 4 nitrogen and oxygen atoms in total. The van der Waals surface area contributed by atoms with Crippen LogP contribution in [0.25, 0.3) is 0 Å². The molecule has 0 bridgehead atoms. The standard InChI is InChI=1S/C17H22O4/c1-3-20-16(19)17(10-6-7-11-17)21-15(18)12-14-9-5-4-8-13(14)2/h4-5,8-9H,3,6-7,10-12H2,1-2H3. The Bertz CT molecular complexity index is 515. The predicted molar refractivity (Wildman–Crippen MR) is 78.8 cm³/mol. The van der Waals surface area contributed by atoms with Crippen molar-refractivity contribution < 1.29 is 19.1 Å². The van der Waals surface area contributed by atoms with E-state index in [0.29, 0.717) is 19.4 Å². The summed E-state index contributed by atoms with van der Waals surface area (Å²) in [5.41, 5.74) is 0.918. The number of hydrogen-bond acceptors (Lipinski definition) is 4. The molecule has 1 aliphatic rings. The Kier molecular flexibility index (Phi) is 4.99. The highest BCUT2D eigenvalue weighted by molar-refractivity contribution is 5.84. The maximum Gasteiger partial charge on any atom is 0.350 e. The van der Waals surface area contributed by atoms with Crippen LogP contribution in [0.1, 0.15) is 43.7 Å². The number of carbonyl (C=O) groups is 2. The summed E-state index contributed by atoms with van der Waals surface area (Å²) in [5, 5.41) is 0. The van der Waals surface area contributed by atoms with Crippen LogP contribution in [-0.4, -0.2) is 24.1 Å². The van der Waals surface area contributed by atoms with Crippen molar-refractivity contribution in [1.29, 1.82) is 0 Å². The first-order chi connectivity index (χ1) is 10.1. The van der Waals surface area contributed by atoms with Gasteiger partial charge >= 0.3 is 11.9 Å². The van der Waals surface area contributed by atoms with Gasteiger partial charge in [0, 0.05) is 0 Å². The van der Waals surface area contributed by atoms with Gasteiger partial charge in [0.15, 0.2) is 0 Å². The van der Waals surface area contributed by atoms with Gasteiger partial charge in [-0.2, -0.15) is 0 Å². The Morgan fingerprint density at radius 1 is 1.19 bits per heavy atom. The zero-order valence-electron chi connectivity index (χ0n) is 12.7. The van der Waals surface area contributed by atoms with E-state index < -0.39 is 11.6 Å². The molecular weight excluding hydrogens is 268 g/mol. The summed E-state index contributed by atoms with van der Waals surface area (Å²) in [6.07, 6.45) is 3.08.